The van der Waals surface area contributed by atoms with Crippen LogP contribution >= 0.6 is 11.6 Å². The van der Waals surface area contributed by atoms with E-state index in [-0.39, 0.29) is 0 Å². The molecule has 0 aliphatic carbocycles. The average molecular weight is 327 g/mol. The summed E-state index contributed by atoms with van der Waals surface area (Å²) in [5.74, 6) is 0. The third kappa shape index (κ3) is 3.54. The lowest BCUT2D eigenvalue weighted by atomic mass is 10.1. The second kappa shape index (κ2) is 6.58. The summed E-state index contributed by atoms with van der Waals surface area (Å²) in [6.45, 7) is 3.90. The van der Waals surface area contributed by atoms with Gasteiger partial charge in [0.1, 0.15) is 6.33 Å². The first-order chi connectivity index (χ1) is 11.1. The van der Waals surface area contributed by atoms with E-state index in [9.17, 15) is 0 Å². The molecule has 1 heterocycles. The molecular weight excluding hydrogens is 312 g/mol. The van der Waals surface area contributed by atoms with Gasteiger partial charge in [-0.15, -0.1) is 5.10 Å². The van der Waals surface area contributed by atoms with Crippen molar-refractivity contribution in [2.45, 2.75) is 13.8 Å². The number of rotatable bonds is 4. The first-order valence-electron chi connectivity index (χ1n) is 7.04. The van der Waals surface area contributed by atoms with Gasteiger partial charge in [0.2, 0.25) is 0 Å². The molecule has 0 fully saturated rings. The molecule has 3 rings (SSSR count). The Morgan fingerprint density at radius 1 is 1.22 bits per heavy atom. The van der Waals surface area contributed by atoms with E-state index in [2.05, 4.69) is 26.1 Å². The number of tetrazole rings is 1. The summed E-state index contributed by atoms with van der Waals surface area (Å²) in [5.41, 5.74) is 7.60. The summed E-state index contributed by atoms with van der Waals surface area (Å²) in [5, 5.41) is 16.3. The van der Waals surface area contributed by atoms with Gasteiger partial charge in [0.15, 0.2) is 0 Å². The van der Waals surface area contributed by atoms with Crippen molar-refractivity contribution in [3.8, 4) is 5.69 Å². The zero-order chi connectivity index (χ0) is 16.2. The number of benzene rings is 2. The van der Waals surface area contributed by atoms with E-state index >= 15 is 0 Å². The topological polar surface area (TPSA) is 68.0 Å². The molecular formula is C16H15ClN6. The number of hydrazone groups is 1. The zero-order valence-electron chi connectivity index (χ0n) is 12.7. The first kappa shape index (κ1) is 15.2. The molecule has 23 heavy (non-hydrogen) atoms. The lowest BCUT2D eigenvalue weighted by Crippen LogP contribution is -2.02. The predicted molar refractivity (Wildman–Crippen MR) is 91.2 cm³/mol. The highest BCUT2D eigenvalue weighted by atomic mass is 35.5. The molecule has 0 aliphatic heterocycles. The van der Waals surface area contributed by atoms with E-state index in [0.29, 0.717) is 5.02 Å². The molecule has 0 spiro atoms. The van der Waals surface area contributed by atoms with Gasteiger partial charge in [-0.3, -0.25) is 5.43 Å². The van der Waals surface area contributed by atoms with Crippen LogP contribution in [0.25, 0.3) is 5.69 Å². The summed E-state index contributed by atoms with van der Waals surface area (Å²) in [4.78, 5) is 0. The lowest BCUT2D eigenvalue weighted by molar-refractivity contribution is 0.789. The molecule has 1 aromatic heterocycles. The molecule has 0 radical (unpaired) electrons. The van der Waals surface area contributed by atoms with Crippen LogP contribution in [-0.2, 0) is 0 Å². The maximum atomic E-state index is 6.11. The zero-order valence-corrected chi connectivity index (χ0v) is 13.5. The van der Waals surface area contributed by atoms with Crippen molar-refractivity contribution < 1.29 is 0 Å². The highest BCUT2D eigenvalue weighted by molar-refractivity contribution is 6.31. The number of aromatic nitrogens is 4. The third-order valence-electron chi connectivity index (χ3n) is 3.40. The molecule has 0 bridgehead atoms. The van der Waals surface area contributed by atoms with E-state index in [4.69, 9.17) is 11.6 Å². The molecule has 0 saturated heterocycles. The fraction of sp³-hybridized carbons (Fsp3) is 0.125. The smallest absolute Gasteiger partial charge is 0.143 e. The van der Waals surface area contributed by atoms with Crippen LogP contribution in [-0.4, -0.2) is 25.9 Å². The van der Waals surface area contributed by atoms with Gasteiger partial charge in [-0.1, -0.05) is 29.8 Å². The minimum atomic E-state index is 0.712. The molecule has 7 heteroatoms. The fourth-order valence-electron chi connectivity index (χ4n) is 2.03. The number of nitrogens with one attached hydrogen (secondary N) is 1. The number of nitrogens with zero attached hydrogens (tertiary/aromatic N) is 5. The second-order valence-electron chi connectivity index (χ2n) is 5.08. The van der Waals surface area contributed by atoms with Crippen molar-refractivity contribution >= 4 is 23.0 Å². The highest BCUT2D eigenvalue weighted by Gasteiger charge is 2.03. The molecule has 116 valence electrons. The Morgan fingerprint density at radius 2 is 2.09 bits per heavy atom. The Morgan fingerprint density at radius 3 is 2.83 bits per heavy atom. The summed E-state index contributed by atoms with van der Waals surface area (Å²) >= 11 is 6.11. The van der Waals surface area contributed by atoms with Crippen LogP contribution in [0.3, 0.4) is 0 Å². The molecule has 3 aromatic rings. The Labute approximate surface area is 138 Å². The number of hydrogen-bond donors (Lipinski definition) is 1. The summed E-state index contributed by atoms with van der Waals surface area (Å²) in [6, 6.07) is 13.6. The van der Waals surface area contributed by atoms with Crippen molar-refractivity contribution in [2.75, 3.05) is 5.43 Å². The van der Waals surface area contributed by atoms with Crippen LogP contribution < -0.4 is 5.43 Å². The van der Waals surface area contributed by atoms with Crippen LogP contribution in [0.15, 0.2) is 53.9 Å². The lowest BCUT2D eigenvalue weighted by Gasteiger charge is -2.07. The molecule has 0 aliphatic rings. The predicted octanol–water partition coefficient (Wildman–Crippen LogP) is 3.46. The molecule has 1 N–H and O–H groups in total. The van der Waals surface area contributed by atoms with Crippen LogP contribution in [0.4, 0.5) is 5.69 Å². The van der Waals surface area contributed by atoms with E-state index < -0.39 is 0 Å². The second-order valence-corrected chi connectivity index (χ2v) is 5.48. The Balaban J connectivity index is 1.80. The number of anilines is 1. The van der Waals surface area contributed by atoms with Crippen LogP contribution in [0, 0.1) is 6.92 Å². The third-order valence-corrected chi connectivity index (χ3v) is 3.81. The summed E-state index contributed by atoms with van der Waals surface area (Å²) in [6.07, 6.45) is 1.55. The fourth-order valence-corrected chi connectivity index (χ4v) is 2.21. The average Bonchev–Trinajstić information content (AvgIpc) is 3.10. The highest BCUT2D eigenvalue weighted by Crippen LogP contribution is 2.20. The van der Waals surface area contributed by atoms with Gasteiger partial charge in [0.05, 0.1) is 17.1 Å². The van der Waals surface area contributed by atoms with Gasteiger partial charge >= 0.3 is 0 Å². The standard InChI is InChI=1S/C16H15ClN6/c1-11-6-7-14(9-16(11)17)20-19-12(2)13-4-3-5-15(8-13)23-10-18-21-22-23/h3-10,20H,1-2H3/b19-12+. The maximum absolute atomic E-state index is 6.11. The van der Waals surface area contributed by atoms with Gasteiger partial charge in [-0.2, -0.15) is 5.10 Å². The normalized spacial score (nSPS) is 11.5. The van der Waals surface area contributed by atoms with Crippen LogP contribution in [0.2, 0.25) is 5.02 Å². The first-order valence-corrected chi connectivity index (χ1v) is 7.41. The van der Waals surface area contributed by atoms with Gasteiger partial charge in [0, 0.05) is 5.02 Å². The van der Waals surface area contributed by atoms with E-state index in [0.717, 1.165) is 28.2 Å². The van der Waals surface area contributed by atoms with Crippen molar-refractivity contribution in [1.82, 2.24) is 20.2 Å². The van der Waals surface area contributed by atoms with Crippen molar-refractivity contribution in [3.05, 3.63) is 64.9 Å². The minimum absolute atomic E-state index is 0.712. The van der Waals surface area contributed by atoms with E-state index in [1.165, 1.54) is 0 Å². The Bertz CT molecular complexity index is 842. The molecule has 2 aromatic carbocycles. The Kier molecular flexibility index (Phi) is 4.34. The summed E-state index contributed by atoms with van der Waals surface area (Å²) < 4.78 is 1.60. The van der Waals surface area contributed by atoms with Gasteiger partial charge in [0.25, 0.3) is 0 Å². The SMILES string of the molecule is C/C(=N\Nc1ccc(C)c(Cl)c1)c1cccc(-n2cnnn2)c1. The van der Waals surface area contributed by atoms with E-state index in [1.54, 1.807) is 11.0 Å². The van der Waals surface area contributed by atoms with Gasteiger partial charge in [-0.25, -0.2) is 4.68 Å². The maximum Gasteiger partial charge on any atom is 0.143 e. The van der Waals surface area contributed by atoms with Gasteiger partial charge < -0.3 is 0 Å². The molecule has 0 unspecified atom stereocenters. The Hall–Kier alpha value is -2.73. The largest absolute Gasteiger partial charge is 0.278 e. The molecule has 6 nitrogen and oxygen atoms in total. The van der Waals surface area contributed by atoms with Crippen LogP contribution in [0.5, 0.6) is 0 Å². The number of aryl methyl sites for hydroxylation is 1. The number of hydrogen-bond acceptors (Lipinski definition) is 5. The van der Waals surface area contributed by atoms with Crippen LogP contribution in [0.1, 0.15) is 18.1 Å². The molecule has 0 atom stereocenters. The van der Waals surface area contributed by atoms with Crippen molar-refractivity contribution in [3.63, 3.8) is 0 Å². The van der Waals surface area contributed by atoms with Gasteiger partial charge in [-0.05, 0) is 59.7 Å². The molecule has 0 saturated carbocycles. The van der Waals surface area contributed by atoms with Crippen molar-refractivity contribution in [2.24, 2.45) is 5.10 Å². The number of halogens is 1. The monoisotopic (exact) mass is 326 g/mol. The quantitative estimate of drug-likeness (QED) is 0.589. The minimum Gasteiger partial charge on any atom is -0.278 e. The molecule has 0 amide bonds. The van der Waals surface area contributed by atoms with E-state index in [1.807, 2.05) is 56.3 Å². The summed E-state index contributed by atoms with van der Waals surface area (Å²) in [7, 11) is 0. The van der Waals surface area contributed by atoms with Crippen molar-refractivity contribution in [1.29, 1.82) is 0 Å².